The van der Waals surface area contributed by atoms with Crippen LogP contribution in [0.25, 0.3) is 0 Å². The lowest BCUT2D eigenvalue weighted by Gasteiger charge is -2.46. The molecule has 2 bridgehead atoms. The lowest BCUT2D eigenvalue weighted by atomic mass is 9.64. The fraction of sp³-hybridized carbons (Fsp3) is 0.463. The second kappa shape index (κ2) is 15.0. The highest BCUT2D eigenvalue weighted by Gasteiger charge is 2.57. The lowest BCUT2D eigenvalue weighted by Crippen LogP contribution is -2.55. The summed E-state index contributed by atoms with van der Waals surface area (Å²) in [7, 11) is 0. The molecule has 1 saturated carbocycles. The summed E-state index contributed by atoms with van der Waals surface area (Å²) < 4.78 is 0. The topological polar surface area (TPSA) is 89.9 Å². The number of ketones is 1. The van der Waals surface area contributed by atoms with Crippen LogP contribution in [0.1, 0.15) is 117 Å². The Hall–Kier alpha value is -3.74. The number of nitrogens with one attached hydrogen (secondary N) is 1. The average molecular weight is 637 g/mol. The molecule has 0 unspecified atom stereocenters. The minimum absolute atomic E-state index is 0.0422. The minimum atomic E-state index is -1.17. The summed E-state index contributed by atoms with van der Waals surface area (Å²) in [6.45, 7) is 9.08. The van der Waals surface area contributed by atoms with Gasteiger partial charge in [0, 0.05) is 23.1 Å². The maximum Gasteiger partial charge on any atom is 0.317 e. The molecule has 0 radical (unpaired) electrons. The zero-order valence-electron chi connectivity index (χ0n) is 28.5. The molecule has 5 atom stereocenters. The minimum Gasteiger partial charge on any atom is -0.393 e. The van der Waals surface area contributed by atoms with Crippen LogP contribution in [0.4, 0.5) is 4.79 Å². The zero-order valence-corrected chi connectivity index (χ0v) is 28.5. The third-order valence-electron chi connectivity index (χ3n) is 10.8. The van der Waals surface area contributed by atoms with Crippen LogP contribution >= 0.6 is 0 Å². The van der Waals surface area contributed by atoms with Crippen molar-refractivity contribution in [1.82, 2.24) is 10.2 Å². The normalized spacial score (nSPS) is 25.3. The standard InChI is InChI=1S/C41H52N2O4/c1-5-25-43(39(46)42-30(3)32-14-8-6-9-15-32)28-41(47)24-22-37-35-21-19-31(27-36(35)38(45)33-16-10-7-11-17-33)26-34(44)20-18-29(2)13-12-23-40(37,41)4/h6-11,13-17,19,21,27,30,34,37,44,47H,5,12,18,20,22-26,28H2,1-4H3,(H,42,46)/t30-,34+,37+,40+,41-/m1/s1. The first-order valence-electron chi connectivity index (χ1n) is 17.4. The van der Waals surface area contributed by atoms with Gasteiger partial charge < -0.3 is 20.4 Å². The van der Waals surface area contributed by atoms with Crippen LogP contribution < -0.4 is 5.32 Å². The molecule has 0 saturated heterocycles. The van der Waals surface area contributed by atoms with Gasteiger partial charge >= 0.3 is 6.03 Å². The van der Waals surface area contributed by atoms with Gasteiger partial charge in [0.05, 0.1) is 24.3 Å². The maximum absolute atomic E-state index is 14.1. The molecule has 6 rings (SSSR count). The maximum atomic E-state index is 14.1. The van der Waals surface area contributed by atoms with Crippen LogP contribution in [0.5, 0.6) is 0 Å². The van der Waals surface area contributed by atoms with E-state index in [2.05, 4.69) is 38.2 Å². The highest BCUT2D eigenvalue weighted by Crippen LogP contribution is 2.59. The van der Waals surface area contributed by atoms with Gasteiger partial charge in [0.25, 0.3) is 0 Å². The van der Waals surface area contributed by atoms with E-state index in [0.717, 1.165) is 36.0 Å². The Bertz CT molecular complexity index is 1550. The predicted molar refractivity (Wildman–Crippen MR) is 189 cm³/mol. The Morgan fingerprint density at radius 1 is 1.00 bits per heavy atom. The van der Waals surface area contributed by atoms with Crippen molar-refractivity contribution in [3.8, 4) is 0 Å². The van der Waals surface area contributed by atoms with Gasteiger partial charge in [-0.25, -0.2) is 4.79 Å². The molecule has 3 aromatic rings. The molecule has 1 fully saturated rings. The molecular formula is C41H52N2O4. The number of carbonyl (C=O) groups excluding carboxylic acids is 2. The van der Waals surface area contributed by atoms with Gasteiger partial charge in [-0.05, 0) is 93.9 Å². The summed E-state index contributed by atoms with van der Waals surface area (Å²) in [5.41, 5.74) is 3.63. The fourth-order valence-corrected chi connectivity index (χ4v) is 7.88. The summed E-state index contributed by atoms with van der Waals surface area (Å²) in [4.78, 5) is 29.7. The first-order chi connectivity index (χ1) is 22.5. The van der Waals surface area contributed by atoms with Crippen molar-refractivity contribution < 1.29 is 19.8 Å². The Balaban J connectivity index is 1.53. The summed E-state index contributed by atoms with van der Waals surface area (Å²) >= 11 is 0. The largest absolute Gasteiger partial charge is 0.393 e. The van der Waals surface area contributed by atoms with E-state index in [4.69, 9.17) is 0 Å². The van der Waals surface area contributed by atoms with E-state index in [0.29, 0.717) is 49.8 Å². The van der Waals surface area contributed by atoms with E-state index < -0.39 is 17.1 Å². The molecule has 3 aliphatic rings. The monoisotopic (exact) mass is 636 g/mol. The number of carbonyl (C=O) groups is 2. The lowest BCUT2D eigenvalue weighted by molar-refractivity contribution is -0.0770. The highest BCUT2D eigenvalue weighted by atomic mass is 16.3. The van der Waals surface area contributed by atoms with Crippen molar-refractivity contribution in [2.24, 2.45) is 5.41 Å². The van der Waals surface area contributed by atoms with Crippen LogP contribution in [-0.2, 0) is 6.42 Å². The number of rotatable bonds is 8. The quantitative estimate of drug-likeness (QED) is 0.172. The van der Waals surface area contributed by atoms with Gasteiger partial charge in [-0.2, -0.15) is 0 Å². The second-order valence-corrected chi connectivity index (χ2v) is 14.1. The molecular weight excluding hydrogens is 584 g/mol. The molecule has 6 heteroatoms. The van der Waals surface area contributed by atoms with Gasteiger partial charge in [-0.1, -0.05) is 98.3 Å². The van der Waals surface area contributed by atoms with Crippen molar-refractivity contribution in [1.29, 1.82) is 0 Å². The first kappa shape index (κ1) is 34.6. The van der Waals surface area contributed by atoms with E-state index in [1.165, 1.54) is 5.57 Å². The number of aliphatic hydroxyl groups is 2. The van der Waals surface area contributed by atoms with Crippen molar-refractivity contribution >= 4 is 11.8 Å². The van der Waals surface area contributed by atoms with Crippen LogP contribution in [0.2, 0.25) is 0 Å². The molecule has 3 aromatic carbocycles. The molecule has 0 aliphatic heterocycles. The number of benzene rings is 3. The average Bonchev–Trinajstić information content (AvgIpc) is 3.32. The van der Waals surface area contributed by atoms with Crippen LogP contribution in [0.15, 0.2) is 90.5 Å². The number of amides is 2. The molecule has 0 spiro atoms. The van der Waals surface area contributed by atoms with Crippen molar-refractivity contribution in [2.75, 3.05) is 13.1 Å². The summed E-state index contributed by atoms with van der Waals surface area (Å²) in [6, 6.07) is 25.0. The Morgan fingerprint density at radius 3 is 2.40 bits per heavy atom. The van der Waals surface area contributed by atoms with Gasteiger partial charge in [-0.3, -0.25) is 4.79 Å². The van der Waals surface area contributed by atoms with Crippen LogP contribution in [0, 0.1) is 5.41 Å². The Kier molecular flexibility index (Phi) is 11.0. The van der Waals surface area contributed by atoms with Gasteiger partial charge in [0.2, 0.25) is 0 Å². The molecule has 2 amide bonds. The van der Waals surface area contributed by atoms with Gasteiger partial charge in [-0.15, -0.1) is 0 Å². The number of nitrogens with zero attached hydrogens (tertiary/aromatic N) is 1. The molecule has 6 nitrogen and oxygen atoms in total. The molecule has 47 heavy (non-hydrogen) atoms. The fourth-order valence-electron chi connectivity index (χ4n) is 7.88. The number of allylic oxidation sites excluding steroid dienone is 2. The van der Waals surface area contributed by atoms with E-state index >= 15 is 0 Å². The summed E-state index contributed by atoms with van der Waals surface area (Å²) in [6.07, 6.45) is 7.16. The second-order valence-electron chi connectivity index (χ2n) is 14.1. The molecule has 250 valence electrons. The summed E-state index contributed by atoms with van der Waals surface area (Å²) in [5, 5.41) is 26.8. The third-order valence-corrected chi connectivity index (χ3v) is 10.8. The van der Waals surface area contributed by atoms with Gasteiger partial charge in [0.15, 0.2) is 5.78 Å². The highest BCUT2D eigenvalue weighted by molar-refractivity contribution is 6.10. The predicted octanol–water partition coefficient (Wildman–Crippen LogP) is 8.14. The van der Waals surface area contributed by atoms with E-state index in [1.807, 2.05) is 79.7 Å². The van der Waals surface area contributed by atoms with Gasteiger partial charge in [0.1, 0.15) is 0 Å². The molecule has 0 aromatic heterocycles. The van der Waals surface area contributed by atoms with Crippen molar-refractivity contribution in [2.45, 2.75) is 103 Å². The Morgan fingerprint density at radius 2 is 1.70 bits per heavy atom. The van der Waals surface area contributed by atoms with E-state index in [-0.39, 0.29) is 30.3 Å². The molecule has 3 N–H and O–H groups in total. The van der Waals surface area contributed by atoms with Crippen molar-refractivity contribution in [3.05, 3.63) is 118 Å². The third kappa shape index (κ3) is 7.71. The number of urea groups is 1. The number of aliphatic hydroxyl groups excluding tert-OH is 1. The molecule has 3 aliphatic carbocycles. The number of hydrogen-bond acceptors (Lipinski definition) is 4. The Labute approximate surface area is 280 Å². The van der Waals surface area contributed by atoms with E-state index in [1.54, 1.807) is 4.90 Å². The first-order valence-corrected chi connectivity index (χ1v) is 17.4. The SMILES string of the molecule is CCCN(C[C@]1(O)CC[C@H]2c3ccc(cc3C(=O)c3ccccc3)C[C@@H](O)CCC(C)=CCC[C@@]21C)C(=O)N[C@H](C)c1ccccc1. The summed E-state index contributed by atoms with van der Waals surface area (Å²) in [5.74, 6) is -0.139. The van der Waals surface area contributed by atoms with Crippen LogP contribution in [0.3, 0.4) is 0 Å². The molecule has 0 heterocycles. The number of fused-ring (bicyclic) bond motifs is 8. The smallest absolute Gasteiger partial charge is 0.317 e. The number of hydrogen-bond donors (Lipinski definition) is 3. The van der Waals surface area contributed by atoms with E-state index in [9.17, 15) is 19.8 Å². The van der Waals surface area contributed by atoms with Crippen molar-refractivity contribution in [3.63, 3.8) is 0 Å². The zero-order chi connectivity index (χ0) is 33.6. The van der Waals surface area contributed by atoms with Crippen LogP contribution in [-0.4, -0.2) is 51.7 Å².